The van der Waals surface area contributed by atoms with Crippen LogP contribution in [0.25, 0.3) is 0 Å². The Balaban J connectivity index is 2.04. The molecule has 0 saturated carbocycles. The third-order valence-electron chi connectivity index (χ3n) is 4.00. The smallest absolute Gasteiger partial charge is 0.109 e. The van der Waals surface area contributed by atoms with E-state index in [4.69, 9.17) is 9.84 Å². The number of ether oxygens (including phenoxy) is 1. The van der Waals surface area contributed by atoms with Crippen molar-refractivity contribution < 1.29 is 20.1 Å². The largest absolute Gasteiger partial charge is 0.395 e. The molecule has 1 fully saturated rings. The Morgan fingerprint density at radius 2 is 1.65 bits per heavy atom. The number of rotatable bonds is 10. The fraction of sp³-hybridized carbons (Fsp3) is 1.00. The quantitative estimate of drug-likeness (QED) is 0.447. The summed E-state index contributed by atoms with van der Waals surface area (Å²) in [5, 5.41) is 31.7. The Kier molecular flexibility index (Phi) is 9.39. The van der Waals surface area contributed by atoms with Crippen molar-refractivity contribution in [2.24, 2.45) is 0 Å². The van der Waals surface area contributed by atoms with Crippen LogP contribution in [0.4, 0.5) is 0 Å². The Hall–Kier alpha value is -0.200. The van der Waals surface area contributed by atoms with Crippen LogP contribution in [0, 0.1) is 0 Å². The van der Waals surface area contributed by atoms with E-state index in [9.17, 15) is 10.2 Å². The van der Waals surface area contributed by atoms with Crippen molar-refractivity contribution in [3.8, 4) is 0 Å². The van der Waals surface area contributed by atoms with Crippen molar-refractivity contribution in [3.05, 3.63) is 0 Å². The Bertz CT molecular complexity index is 240. The molecule has 4 atom stereocenters. The third-order valence-corrected chi connectivity index (χ3v) is 4.00. The molecule has 1 saturated heterocycles. The fourth-order valence-corrected chi connectivity index (χ4v) is 2.59. The predicted molar refractivity (Wildman–Crippen MR) is 78.6 cm³/mol. The van der Waals surface area contributed by atoms with Crippen molar-refractivity contribution >= 4 is 0 Å². The van der Waals surface area contributed by atoms with Gasteiger partial charge in [0.1, 0.15) is 6.10 Å². The minimum Gasteiger partial charge on any atom is -0.395 e. The Morgan fingerprint density at radius 3 is 2.30 bits per heavy atom. The molecule has 0 radical (unpaired) electrons. The summed E-state index contributed by atoms with van der Waals surface area (Å²) in [6.45, 7) is 3.13. The first-order valence-electron chi connectivity index (χ1n) is 8.02. The van der Waals surface area contributed by atoms with Crippen LogP contribution in [-0.4, -0.2) is 59.4 Å². The molecule has 1 heterocycles. The lowest BCUT2D eigenvalue weighted by atomic mass is 9.96. The van der Waals surface area contributed by atoms with E-state index in [0.29, 0.717) is 13.2 Å². The number of unbranched alkanes of at least 4 members (excludes halogenated alkanes) is 6. The first kappa shape index (κ1) is 17.9. The Labute approximate surface area is 122 Å². The van der Waals surface area contributed by atoms with E-state index in [0.717, 1.165) is 12.8 Å². The SMILES string of the molecule is CCCCCCCCCO[C@H]1CNC(CO)[C@@H](O)[C@@H]1O. The Morgan fingerprint density at radius 1 is 1.00 bits per heavy atom. The lowest BCUT2D eigenvalue weighted by Crippen LogP contribution is -2.61. The number of hydrogen-bond donors (Lipinski definition) is 4. The fourth-order valence-electron chi connectivity index (χ4n) is 2.59. The first-order valence-corrected chi connectivity index (χ1v) is 8.02. The zero-order valence-electron chi connectivity index (χ0n) is 12.6. The van der Waals surface area contributed by atoms with Gasteiger partial charge in [-0.3, -0.25) is 0 Å². The highest BCUT2D eigenvalue weighted by Gasteiger charge is 2.37. The predicted octanol–water partition coefficient (Wildman–Crippen LogP) is 0.808. The highest BCUT2D eigenvalue weighted by Crippen LogP contribution is 2.14. The van der Waals surface area contributed by atoms with E-state index >= 15 is 0 Å². The molecule has 0 aromatic heterocycles. The molecule has 0 amide bonds. The molecule has 4 N–H and O–H groups in total. The molecule has 0 spiro atoms. The maximum absolute atomic E-state index is 9.91. The number of piperidine rings is 1. The normalized spacial score (nSPS) is 30.6. The van der Waals surface area contributed by atoms with Crippen LogP contribution in [0.15, 0.2) is 0 Å². The van der Waals surface area contributed by atoms with Crippen LogP contribution >= 0.6 is 0 Å². The molecular weight excluding hydrogens is 258 g/mol. The molecule has 1 rings (SSSR count). The van der Waals surface area contributed by atoms with Crippen molar-refractivity contribution in [1.82, 2.24) is 5.32 Å². The van der Waals surface area contributed by atoms with Crippen LogP contribution < -0.4 is 5.32 Å². The number of aliphatic hydroxyl groups is 3. The number of aliphatic hydroxyl groups excluding tert-OH is 3. The second-order valence-electron chi connectivity index (χ2n) is 5.71. The lowest BCUT2D eigenvalue weighted by Gasteiger charge is -2.37. The van der Waals surface area contributed by atoms with Crippen LogP contribution in [0.2, 0.25) is 0 Å². The summed E-state index contributed by atoms with van der Waals surface area (Å²) in [5.74, 6) is 0. The summed E-state index contributed by atoms with van der Waals surface area (Å²) in [4.78, 5) is 0. The number of nitrogens with one attached hydrogen (secondary N) is 1. The van der Waals surface area contributed by atoms with E-state index in [1.807, 2.05) is 0 Å². The van der Waals surface area contributed by atoms with Gasteiger partial charge < -0.3 is 25.4 Å². The van der Waals surface area contributed by atoms with Gasteiger partial charge in [0.25, 0.3) is 0 Å². The summed E-state index contributed by atoms with van der Waals surface area (Å²) in [6, 6.07) is -0.455. The van der Waals surface area contributed by atoms with Gasteiger partial charge in [0.05, 0.1) is 24.9 Å². The topological polar surface area (TPSA) is 82.0 Å². The minimum atomic E-state index is -0.965. The molecule has 1 aliphatic heterocycles. The van der Waals surface area contributed by atoms with Crippen molar-refractivity contribution in [2.75, 3.05) is 19.8 Å². The van der Waals surface area contributed by atoms with Gasteiger partial charge in [-0.25, -0.2) is 0 Å². The van der Waals surface area contributed by atoms with Crippen molar-refractivity contribution in [1.29, 1.82) is 0 Å². The lowest BCUT2D eigenvalue weighted by molar-refractivity contribution is -0.124. The van der Waals surface area contributed by atoms with Crippen molar-refractivity contribution in [3.63, 3.8) is 0 Å². The zero-order valence-corrected chi connectivity index (χ0v) is 12.6. The van der Waals surface area contributed by atoms with E-state index in [2.05, 4.69) is 12.2 Å². The highest BCUT2D eigenvalue weighted by atomic mass is 16.5. The van der Waals surface area contributed by atoms with Gasteiger partial charge in [0, 0.05) is 13.2 Å². The summed E-state index contributed by atoms with van der Waals surface area (Å²) >= 11 is 0. The molecule has 0 aromatic carbocycles. The first-order chi connectivity index (χ1) is 9.70. The van der Waals surface area contributed by atoms with Gasteiger partial charge in [-0.2, -0.15) is 0 Å². The van der Waals surface area contributed by atoms with Crippen LogP contribution in [0.5, 0.6) is 0 Å². The molecule has 5 nitrogen and oxygen atoms in total. The van der Waals surface area contributed by atoms with E-state index in [1.165, 1.54) is 32.1 Å². The molecule has 20 heavy (non-hydrogen) atoms. The molecular formula is C15H31NO4. The molecule has 0 aliphatic carbocycles. The van der Waals surface area contributed by atoms with Gasteiger partial charge in [-0.1, -0.05) is 45.4 Å². The van der Waals surface area contributed by atoms with Gasteiger partial charge in [-0.15, -0.1) is 0 Å². The van der Waals surface area contributed by atoms with Gasteiger partial charge in [-0.05, 0) is 6.42 Å². The summed E-state index contributed by atoms with van der Waals surface area (Å²) < 4.78 is 5.63. The van der Waals surface area contributed by atoms with Crippen LogP contribution in [-0.2, 0) is 4.74 Å². The van der Waals surface area contributed by atoms with Crippen LogP contribution in [0.1, 0.15) is 51.9 Å². The average molecular weight is 289 g/mol. The second-order valence-corrected chi connectivity index (χ2v) is 5.71. The van der Waals surface area contributed by atoms with Crippen LogP contribution in [0.3, 0.4) is 0 Å². The zero-order chi connectivity index (χ0) is 14.8. The number of hydrogen-bond acceptors (Lipinski definition) is 5. The summed E-state index contributed by atoms with van der Waals surface area (Å²) in [7, 11) is 0. The maximum atomic E-state index is 9.91. The minimum absolute atomic E-state index is 0.178. The molecule has 1 unspecified atom stereocenters. The monoisotopic (exact) mass is 289 g/mol. The van der Waals surface area contributed by atoms with E-state index in [-0.39, 0.29) is 12.7 Å². The van der Waals surface area contributed by atoms with Crippen molar-refractivity contribution in [2.45, 2.75) is 76.2 Å². The van der Waals surface area contributed by atoms with Gasteiger partial charge in [0.2, 0.25) is 0 Å². The van der Waals surface area contributed by atoms with E-state index < -0.39 is 18.2 Å². The summed E-state index contributed by atoms with van der Waals surface area (Å²) in [6.07, 6.45) is 6.32. The average Bonchev–Trinajstić information content (AvgIpc) is 2.46. The molecule has 120 valence electrons. The van der Waals surface area contributed by atoms with E-state index in [1.54, 1.807) is 0 Å². The maximum Gasteiger partial charge on any atom is 0.109 e. The molecule has 0 bridgehead atoms. The summed E-state index contributed by atoms with van der Waals surface area (Å²) in [5.41, 5.74) is 0. The van der Waals surface area contributed by atoms with Gasteiger partial charge in [0.15, 0.2) is 0 Å². The second kappa shape index (κ2) is 10.5. The third kappa shape index (κ3) is 6.06. The molecule has 1 aliphatic rings. The van der Waals surface area contributed by atoms with Gasteiger partial charge >= 0.3 is 0 Å². The highest BCUT2D eigenvalue weighted by molar-refractivity contribution is 4.92. The molecule has 0 aromatic rings. The standard InChI is InChI=1S/C15H31NO4/c1-2-3-4-5-6-7-8-9-20-13-10-16-12(11-17)14(18)15(13)19/h12-19H,2-11H2,1H3/t12?,13-,14+,15+/m0/s1. The molecule has 5 heteroatoms.